The van der Waals surface area contributed by atoms with E-state index in [1.165, 1.54) is 0 Å². The fraction of sp³-hybridized carbons (Fsp3) is 0.250. The van der Waals surface area contributed by atoms with Crippen LogP contribution in [0, 0.1) is 20.8 Å². The molecule has 0 aliphatic rings. The Bertz CT molecular complexity index is 1290. The molecule has 0 fully saturated rings. The third kappa shape index (κ3) is 3.74. The summed E-state index contributed by atoms with van der Waals surface area (Å²) in [5, 5.41) is 10.1. The summed E-state index contributed by atoms with van der Waals surface area (Å²) in [5.41, 5.74) is 5.85. The van der Waals surface area contributed by atoms with Crippen LogP contribution in [0.3, 0.4) is 0 Å². The number of aliphatic hydroxyl groups is 1. The molecule has 30 heavy (non-hydrogen) atoms. The van der Waals surface area contributed by atoms with Crippen molar-refractivity contribution in [3.05, 3.63) is 76.1 Å². The number of hydrogen-bond donors (Lipinski definition) is 1. The minimum atomic E-state index is -0.112. The Morgan fingerprint density at radius 1 is 1.00 bits per heavy atom. The van der Waals surface area contributed by atoms with E-state index in [2.05, 4.69) is 21.0 Å². The zero-order chi connectivity index (χ0) is 21.3. The van der Waals surface area contributed by atoms with Crippen molar-refractivity contribution in [1.82, 2.24) is 19.5 Å². The smallest absolute Gasteiger partial charge is 0.260 e. The highest BCUT2D eigenvalue weighted by molar-refractivity contribution is 5.82. The molecule has 4 aromatic rings. The van der Waals surface area contributed by atoms with Crippen molar-refractivity contribution in [2.24, 2.45) is 0 Å². The lowest BCUT2D eigenvalue weighted by molar-refractivity contribution is 0.280. The van der Waals surface area contributed by atoms with Gasteiger partial charge in [-0.25, -0.2) is 9.97 Å². The maximum Gasteiger partial charge on any atom is 0.260 e. The largest absolute Gasteiger partial charge is 0.396 e. The lowest BCUT2D eigenvalue weighted by Crippen LogP contribution is -2.24. The van der Waals surface area contributed by atoms with Crippen molar-refractivity contribution in [2.45, 2.75) is 33.7 Å². The summed E-state index contributed by atoms with van der Waals surface area (Å²) in [6.07, 6.45) is 2.23. The number of aliphatic hydroxyl groups excluding tert-OH is 1. The number of hydrogen-bond acceptors (Lipinski definition) is 5. The van der Waals surface area contributed by atoms with E-state index < -0.39 is 0 Å². The van der Waals surface area contributed by atoms with Gasteiger partial charge in [-0.05, 0) is 62.6 Å². The van der Waals surface area contributed by atoms with E-state index in [1.54, 1.807) is 17.7 Å². The van der Waals surface area contributed by atoms with Crippen molar-refractivity contribution in [3.8, 4) is 22.4 Å². The summed E-state index contributed by atoms with van der Waals surface area (Å²) in [7, 11) is 0. The maximum atomic E-state index is 13.4. The molecule has 0 unspecified atom stereocenters. The first kappa shape index (κ1) is 19.9. The van der Waals surface area contributed by atoms with E-state index in [0.29, 0.717) is 30.0 Å². The first-order valence-corrected chi connectivity index (χ1v) is 10.0. The third-order valence-corrected chi connectivity index (χ3v) is 5.19. The SMILES string of the molecule is Cc1cccc(-c2ccc(-c3cc4cnc(C)nc4n(CCCO)c3=O)c(C)c2)n1. The number of benzene rings is 1. The monoisotopic (exact) mass is 400 g/mol. The van der Waals surface area contributed by atoms with Crippen molar-refractivity contribution in [1.29, 1.82) is 0 Å². The summed E-state index contributed by atoms with van der Waals surface area (Å²) >= 11 is 0. The van der Waals surface area contributed by atoms with Gasteiger partial charge in [0.05, 0.1) is 5.69 Å². The van der Waals surface area contributed by atoms with Gasteiger partial charge in [-0.1, -0.05) is 18.2 Å². The number of nitrogens with zero attached hydrogens (tertiary/aromatic N) is 4. The van der Waals surface area contributed by atoms with Gasteiger partial charge in [0.2, 0.25) is 0 Å². The Morgan fingerprint density at radius 2 is 1.83 bits per heavy atom. The van der Waals surface area contributed by atoms with Gasteiger partial charge in [0.15, 0.2) is 0 Å². The molecule has 0 bridgehead atoms. The fourth-order valence-electron chi connectivity index (χ4n) is 3.70. The molecular formula is C24H24N4O2. The lowest BCUT2D eigenvalue weighted by Gasteiger charge is -2.14. The van der Waals surface area contributed by atoms with Gasteiger partial charge >= 0.3 is 0 Å². The summed E-state index contributed by atoms with van der Waals surface area (Å²) in [6, 6.07) is 13.8. The predicted molar refractivity (Wildman–Crippen MR) is 118 cm³/mol. The second-order valence-electron chi connectivity index (χ2n) is 7.48. The average Bonchev–Trinajstić information content (AvgIpc) is 2.73. The third-order valence-electron chi connectivity index (χ3n) is 5.19. The van der Waals surface area contributed by atoms with Gasteiger partial charge in [0.1, 0.15) is 11.5 Å². The van der Waals surface area contributed by atoms with Crippen LogP contribution in [0.4, 0.5) is 0 Å². The number of aryl methyl sites for hydroxylation is 4. The van der Waals surface area contributed by atoms with Crippen LogP contribution < -0.4 is 5.56 Å². The zero-order valence-corrected chi connectivity index (χ0v) is 17.4. The van der Waals surface area contributed by atoms with Gasteiger partial charge in [0, 0.05) is 41.6 Å². The molecule has 0 aliphatic carbocycles. The Kier molecular flexibility index (Phi) is 5.42. The molecule has 1 N–H and O–H groups in total. The molecule has 0 saturated carbocycles. The summed E-state index contributed by atoms with van der Waals surface area (Å²) in [4.78, 5) is 26.7. The molecule has 152 valence electrons. The van der Waals surface area contributed by atoms with E-state index in [9.17, 15) is 9.90 Å². The second-order valence-corrected chi connectivity index (χ2v) is 7.48. The zero-order valence-electron chi connectivity index (χ0n) is 17.4. The van der Waals surface area contributed by atoms with E-state index in [0.717, 1.165) is 33.5 Å². The Morgan fingerprint density at radius 3 is 2.57 bits per heavy atom. The molecule has 6 nitrogen and oxygen atoms in total. The van der Waals surface area contributed by atoms with Crippen molar-refractivity contribution >= 4 is 11.0 Å². The highest BCUT2D eigenvalue weighted by Gasteiger charge is 2.15. The minimum Gasteiger partial charge on any atom is -0.396 e. The van der Waals surface area contributed by atoms with Gasteiger partial charge in [-0.2, -0.15) is 0 Å². The summed E-state index contributed by atoms with van der Waals surface area (Å²) in [5.74, 6) is 0.610. The van der Waals surface area contributed by atoms with Crippen LogP contribution in [-0.4, -0.2) is 31.2 Å². The molecular weight excluding hydrogens is 376 g/mol. The van der Waals surface area contributed by atoms with Crippen molar-refractivity contribution < 1.29 is 5.11 Å². The maximum absolute atomic E-state index is 13.4. The van der Waals surface area contributed by atoms with Gasteiger partial charge in [-0.3, -0.25) is 14.3 Å². The van der Waals surface area contributed by atoms with Crippen LogP contribution in [0.1, 0.15) is 23.5 Å². The highest BCUT2D eigenvalue weighted by Crippen LogP contribution is 2.28. The number of aromatic nitrogens is 4. The fourth-order valence-corrected chi connectivity index (χ4v) is 3.70. The van der Waals surface area contributed by atoms with Gasteiger partial charge in [-0.15, -0.1) is 0 Å². The molecule has 0 radical (unpaired) electrons. The highest BCUT2D eigenvalue weighted by atomic mass is 16.3. The molecule has 0 spiro atoms. The molecule has 0 aliphatic heterocycles. The molecule has 1 aromatic carbocycles. The van der Waals surface area contributed by atoms with Crippen LogP contribution in [0.2, 0.25) is 0 Å². The van der Waals surface area contributed by atoms with Crippen LogP contribution in [0.15, 0.2) is 53.5 Å². The molecule has 3 aromatic heterocycles. The minimum absolute atomic E-state index is 0.0133. The van der Waals surface area contributed by atoms with E-state index >= 15 is 0 Å². The number of fused-ring (bicyclic) bond motifs is 1. The second kappa shape index (κ2) is 8.16. The standard InChI is InChI=1S/C24H24N4O2/c1-15-12-18(22-7-4-6-16(2)26-22)8-9-20(15)21-13-19-14-25-17(3)27-23(19)28(24(21)30)10-5-11-29/h4,6-9,12-14,29H,5,10-11H2,1-3H3. The molecule has 3 heterocycles. The normalized spacial score (nSPS) is 11.2. The van der Waals surface area contributed by atoms with Gasteiger partial charge < -0.3 is 5.11 Å². The number of rotatable bonds is 5. The molecule has 4 rings (SSSR count). The first-order chi connectivity index (χ1) is 14.5. The lowest BCUT2D eigenvalue weighted by atomic mass is 9.97. The summed E-state index contributed by atoms with van der Waals surface area (Å²) < 4.78 is 1.64. The van der Waals surface area contributed by atoms with Crippen LogP contribution in [0.25, 0.3) is 33.4 Å². The number of pyridine rings is 2. The van der Waals surface area contributed by atoms with Crippen molar-refractivity contribution in [3.63, 3.8) is 0 Å². The Balaban J connectivity index is 1.88. The van der Waals surface area contributed by atoms with Crippen LogP contribution >= 0.6 is 0 Å². The molecule has 0 atom stereocenters. The molecule has 6 heteroatoms. The Hall–Kier alpha value is -3.38. The first-order valence-electron chi connectivity index (χ1n) is 10.0. The summed E-state index contributed by atoms with van der Waals surface area (Å²) in [6.45, 7) is 6.19. The van der Waals surface area contributed by atoms with E-state index in [4.69, 9.17) is 0 Å². The van der Waals surface area contributed by atoms with E-state index in [-0.39, 0.29) is 12.2 Å². The molecule has 0 saturated heterocycles. The predicted octanol–water partition coefficient (Wildman–Crippen LogP) is 3.83. The average molecular weight is 400 g/mol. The topological polar surface area (TPSA) is 80.9 Å². The van der Waals surface area contributed by atoms with Crippen molar-refractivity contribution in [2.75, 3.05) is 6.61 Å². The van der Waals surface area contributed by atoms with E-state index in [1.807, 2.05) is 50.2 Å². The quantitative estimate of drug-likeness (QED) is 0.551. The molecule has 0 amide bonds. The van der Waals surface area contributed by atoms with Crippen LogP contribution in [0.5, 0.6) is 0 Å². The van der Waals surface area contributed by atoms with Crippen LogP contribution in [-0.2, 0) is 6.54 Å². The Labute approximate surface area is 174 Å². The van der Waals surface area contributed by atoms with Gasteiger partial charge in [0.25, 0.3) is 5.56 Å².